The number of nitrogens with one attached hydrogen (secondary N) is 1. The molecule has 10 heteroatoms. The second-order valence-electron chi connectivity index (χ2n) is 5.14. The number of halogens is 4. The lowest BCUT2D eigenvalue weighted by Gasteiger charge is -2.14. The predicted molar refractivity (Wildman–Crippen MR) is 77.0 cm³/mol. The van der Waals surface area contributed by atoms with Crippen LogP contribution in [0.4, 0.5) is 13.2 Å². The Morgan fingerprint density at radius 2 is 1.96 bits per heavy atom. The van der Waals surface area contributed by atoms with Gasteiger partial charge in [0.15, 0.2) is 5.69 Å². The van der Waals surface area contributed by atoms with Gasteiger partial charge in [-0.2, -0.15) is 23.4 Å². The van der Waals surface area contributed by atoms with Gasteiger partial charge in [0.25, 0.3) is 5.91 Å². The Hall–Kier alpha value is -2.03. The summed E-state index contributed by atoms with van der Waals surface area (Å²) in [6, 6.07) is -0.448. The van der Waals surface area contributed by atoms with Gasteiger partial charge in [0, 0.05) is 25.4 Å². The van der Waals surface area contributed by atoms with Crippen molar-refractivity contribution in [3.05, 3.63) is 33.9 Å². The molecule has 0 saturated carbocycles. The van der Waals surface area contributed by atoms with E-state index in [2.05, 4.69) is 15.5 Å². The summed E-state index contributed by atoms with van der Waals surface area (Å²) >= 11 is 5.69. The van der Waals surface area contributed by atoms with E-state index in [1.54, 1.807) is 24.9 Å². The van der Waals surface area contributed by atoms with Crippen LogP contribution in [0.2, 0.25) is 5.02 Å². The molecule has 2 aromatic rings. The summed E-state index contributed by atoms with van der Waals surface area (Å²) in [5.41, 5.74) is -0.0236. The van der Waals surface area contributed by atoms with Crippen LogP contribution in [0.5, 0.6) is 0 Å². The van der Waals surface area contributed by atoms with Crippen LogP contribution >= 0.6 is 11.6 Å². The maximum absolute atomic E-state index is 12.8. The topological polar surface area (TPSA) is 64.7 Å². The van der Waals surface area contributed by atoms with Crippen LogP contribution in [0, 0.1) is 6.92 Å². The van der Waals surface area contributed by atoms with Crippen molar-refractivity contribution in [1.29, 1.82) is 0 Å². The highest BCUT2D eigenvalue weighted by Gasteiger charge is 2.39. The number of rotatable bonds is 3. The van der Waals surface area contributed by atoms with Gasteiger partial charge >= 0.3 is 6.18 Å². The molecule has 0 aliphatic heterocycles. The van der Waals surface area contributed by atoms with Crippen LogP contribution in [-0.2, 0) is 20.3 Å². The van der Waals surface area contributed by atoms with Crippen LogP contribution in [-0.4, -0.2) is 25.5 Å². The fourth-order valence-corrected chi connectivity index (χ4v) is 2.56. The molecule has 1 atom stereocenters. The van der Waals surface area contributed by atoms with E-state index in [4.69, 9.17) is 11.6 Å². The number of hydrogen-bond donors (Lipinski definition) is 1. The molecule has 1 amide bonds. The van der Waals surface area contributed by atoms with Gasteiger partial charge in [-0.25, -0.2) is 0 Å². The molecular weight excluding hydrogens is 335 g/mol. The Kier molecular flexibility index (Phi) is 4.43. The number of hydrogen-bond acceptors (Lipinski definition) is 3. The standard InChI is InChI=1S/C13H15ClF3N5O/c1-6(8-5-18-21(3)7(8)2)19-12(23)10-9(14)11(13(15,16)17)20-22(10)4/h5-6H,1-4H3,(H,19,23). The average molecular weight is 350 g/mol. The van der Waals surface area contributed by atoms with Gasteiger partial charge in [0.2, 0.25) is 0 Å². The summed E-state index contributed by atoms with van der Waals surface area (Å²) in [7, 11) is 2.98. The summed E-state index contributed by atoms with van der Waals surface area (Å²) < 4.78 is 40.8. The third-order valence-corrected chi connectivity index (χ3v) is 3.92. The van der Waals surface area contributed by atoms with E-state index in [0.29, 0.717) is 0 Å². The molecule has 1 N–H and O–H groups in total. The predicted octanol–water partition coefficient (Wildman–Crippen LogP) is 2.63. The monoisotopic (exact) mass is 349 g/mol. The second kappa shape index (κ2) is 5.88. The van der Waals surface area contributed by atoms with E-state index in [1.165, 1.54) is 7.05 Å². The highest BCUT2D eigenvalue weighted by molar-refractivity contribution is 6.34. The first-order valence-corrected chi connectivity index (χ1v) is 7.00. The Morgan fingerprint density at radius 1 is 1.35 bits per heavy atom. The zero-order valence-corrected chi connectivity index (χ0v) is 13.6. The number of aromatic nitrogens is 4. The zero-order chi connectivity index (χ0) is 17.5. The van der Waals surface area contributed by atoms with Gasteiger partial charge in [0.1, 0.15) is 10.7 Å². The normalized spacial score (nSPS) is 13.2. The molecule has 0 bridgehead atoms. The molecule has 0 aliphatic rings. The minimum absolute atomic E-state index is 0.340. The molecule has 0 saturated heterocycles. The Bertz CT molecular complexity index is 750. The maximum Gasteiger partial charge on any atom is 0.436 e. The second-order valence-corrected chi connectivity index (χ2v) is 5.51. The van der Waals surface area contributed by atoms with Crippen LogP contribution < -0.4 is 5.32 Å². The van der Waals surface area contributed by atoms with E-state index in [0.717, 1.165) is 15.9 Å². The summed E-state index contributed by atoms with van der Waals surface area (Å²) in [5, 5.41) is 9.24. The van der Waals surface area contributed by atoms with Crippen molar-refractivity contribution in [2.45, 2.75) is 26.1 Å². The molecule has 2 rings (SSSR count). The van der Waals surface area contributed by atoms with E-state index < -0.39 is 28.8 Å². The Labute approximate surface area is 135 Å². The molecular formula is C13H15ClF3N5O. The smallest absolute Gasteiger partial charge is 0.344 e. The van der Waals surface area contributed by atoms with Gasteiger partial charge in [-0.05, 0) is 13.8 Å². The van der Waals surface area contributed by atoms with Crippen molar-refractivity contribution in [3.63, 3.8) is 0 Å². The molecule has 0 aromatic carbocycles. The molecule has 2 aromatic heterocycles. The van der Waals surface area contributed by atoms with Gasteiger partial charge in [0.05, 0.1) is 12.2 Å². The fourth-order valence-electron chi connectivity index (χ4n) is 2.21. The number of nitrogens with zero attached hydrogens (tertiary/aromatic N) is 4. The molecule has 23 heavy (non-hydrogen) atoms. The van der Waals surface area contributed by atoms with Crippen LogP contribution in [0.15, 0.2) is 6.20 Å². The van der Waals surface area contributed by atoms with E-state index >= 15 is 0 Å². The van der Waals surface area contributed by atoms with Crippen molar-refractivity contribution in [2.75, 3.05) is 0 Å². The third kappa shape index (κ3) is 3.19. The Morgan fingerprint density at radius 3 is 2.39 bits per heavy atom. The lowest BCUT2D eigenvalue weighted by Crippen LogP contribution is -2.29. The molecule has 0 aliphatic carbocycles. The first-order valence-electron chi connectivity index (χ1n) is 6.63. The minimum Gasteiger partial charge on any atom is -0.344 e. The Balaban J connectivity index is 2.28. The molecule has 6 nitrogen and oxygen atoms in total. The van der Waals surface area contributed by atoms with Crippen molar-refractivity contribution in [1.82, 2.24) is 24.9 Å². The van der Waals surface area contributed by atoms with E-state index in [9.17, 15) is 18.0 Å². The quantitative estimate of drug-likeness (QED) is 0.926. The maximum atomic E-state index is 12.8. The van der Waals surface area contributed by atoms with E-state index in [1.807, 2.05) is 6.92 Å². The molecule has 1 unspecified atom stereocenters. The van der Waals surface area contributed by atoms with Crippen molar-refractivity contribution >= 4 is 17.5 Å². The molecule has 126 valence electrons. The molecule has 0 fully saturated rings. The lowest BCUT2D eigenvalue weighted by molar-refractivity contribution is -0.141. The molecule has 0 spiro atoms. The summed E-state index contributed by atoms with van der Waals surface area (Å²) in [6.45, 7) is 3.53. The third-order valence-electron chi connectivity index (χ3n) is 3.56. The minimum atomic E-state index is -4.72. The van der Waals surface area contributed by atoms with E-state index in [-0.39, 0.29) is 5.69 Å². The molecule has 0 radical (unpaired) electrons. The van der Waals surface area contributed by atoms with Crippen LogP contribution in [0.3, 0.4) is 0 Å². The first kappa shape index (κ1) is 17.3. The van der Waals surface area contributed by atoms with Gasteiger partial charge in [-0.3, -0.25) is 14.2 Å². The summed E-state index contributed by atoms with van der Waals surface area (Å²) in [5.74, 6) is -0.740. The van der Waals surface area contributed by atoms with Gasteiger partial charge < -0.3 is 5.32 Å². The summed E-state index contributed by atoms with van der Waals surface area (Å²) in [6.07, 6.45) is -3.13. The lowest BCUT2D eigenvalue weighted by atomic mass is 10.1. The molecule has 2 heterocycles. The van der Waals surface area contributed by atoms with Crippen LogP contribution in [0.25, 0.3) is 0 Å². The highest BCUT2D eigenvalue weighted by atomic mass is 35.5. The van der Waals surface area contributed by atoms with Gasteiger partial charge in [-0.15, -0.1) is 0 Å². The fraction of sp³-hybridized carbons (Fsp3) is 0.462. The number of aryl methyl sites for hydroxylation is 2. The number of amides is 1. The van der Waals surface area contributed by atoms with Crippen molar-refractivity contribution in [3.8, 4) is 0 Å². The van der Waals surface area contributed by atoms with Crippen molar-refractivity contribution in [2.24, 2.45) is 14.1 Å². The zero-order valence-electron chi connectivity index (χ0n) is 12.9. The van der Waals surface area contributed by atoms with Crippen LogP contribution in [0.1, 0.15) is 40.4 Å². The SMILES string of the molecule is Cc1c(C(C)NC(=O)c2c(Cl)c(C(F)(F)F)nn2C)cnn1C. The average Bonchev–Trinajstić information content (AvgIpc) is 2.90. The first-order chi connectivity index (χ1) is 10.5. The number of carbonyl (C=O) groups excluding carboxylic acids is 1. The number of carbonyl (C=O) groups is 1. The number of alkyl halides is 3. The van der Waals surface area contributed by atoms with Gasteiger partial charge in [-0.1, -0.05) is 11.6 Å². The summed E-state index contributed by atoms with van der Waals surface area (Å²) in [4.78, 5) is 12.3. The highest BCUT2D eigenvalue weighted by Crippen LogP contribution is 2.35. The largest absolute Gasteiger partial charge is 0.436 e. The van der Waals surface area contributed by atoms with Crippen molar-refractivity contribution < 1.29 is 18.0 Å².